The molecule has 0 saturated carbocycles. The normalized spacial score (nSPS) is 18.3. The van der Waals surface area contributed by atoms with Crippen molar-refractivity contribution in [3.05, 3.63) is 59.7 Å². The molecule has 0 saturated heterocycles. The van der Waals surface area contributed by atoms with Crippen LogP contribution in [-0.2, 0) is 12.8 Å². The number of nitrogens with zero attached hydrogens (tertiary/aromatic N) is 1. The van der Waals surface area contributed by atoms with Crippen LogP contribution in [0.1, 0.15) is 17.5 Å². The fourth-order valence-corrected chi connectivity index (χ4v) is 3.77. The van der Waals surface area contributed by atoms with Gasteiger partial charge in [0.25, 0.3) is 0 Å². The Kier molecular flexibility index (Phi) is 2.97. The first-order valence-electron chi connectivity index (χ1n) is 7.82. The summed E-state index contributed by atoms with van der Waals surface area (Å²) in [5.74, 6) is 0. The zero-order valence-electron chi connectivity index (χ0n) is 12.8. The van der Waals surface area contributed by atoms with Gasteiger partial charge in [0, 0.05) is 6.04 Å². The van der Waals surface area contributed by atoms with E-state index in [0.29, 0.717) is 6.04 Å². The minimum absolute atomic E-state index is 0.676. The molecule has 0 fully saturated rings. The molecule has 1 aliphatic carbocycles. The molecule has 0 bridgehead atoms. The Morgan fingerprint density at radius 3 is 2.52 bits per heavy atom. The van der Waals surface area contributed by atoms with Gasteiger partial charge in [0.1, 0.15) is 0 Å². The van der Waals surface area contributed by atoms with Crippen LogP contribution < -0.4 is 0 Å². The van der Waals surface area contributed by atoms with Gasteiger partial charge in [0.05, 0.1) is 0 Å². The van der Waals surface area contributed by atoms with Gasteiger partial charge in [-0.15, -0.1) is 0 Å². The fraction of sp³-hybridized carbons (Fsp3) is 0.300. The average molecular weight is 275 g/mol. The maximum atomic E-state index is 2.38. The summed E-state index contributed by atoms with van der Waals surface area (Å²) in [6.07, 6.45) is 3.66. The van der Waals surface area contributed by atoms with E-state index in [4.69, 9.17) is 0 Å². The van der Waals surface area contributed by atoms with E-state index in [2.05, 4.69) is 67.5 Å². The highest BCUT2D eigenvalue weighted by atomic mass is 15.1. The lowest BCUT2D eigenvalue weighted by molar-refractivity contribution is 0.269. The van der Waals surface area contributed by atoms with Crippen molar-refractivity contribution in [3.63, 3.8) is 0 Å². The summed E-state index contributed by atoms with van der Waals surface area (Å²) in [5, 5.41) is 5.58. The molecular formula is C20H21N. The SMILES string of the molecule is CN(C)C1CCc2ccc3c(ccc4ccccc43)c2C1. The minimum Gasteiger partial charge on any atom is -0.306 e. The molecule has 0 aliphatic heterocycles. The number of rotatable bonds is 1. The Labute approximate surface area is 126 Å². The smallest absolute Gasteiger partial charge is 0.0133 e. The number of hydrogen-bond donors (Lipinski definition) is 0. The third-order valence-electron chi connectivity index (χ3n) is 5.05. The van der Waals surface area contributed by atoms with Crippen molar-refractivity contribution in [3.8, 4) is 0 Å². The summed E-state index contributed by atoms with van der Waals surface area (Å²) in [6.45, 7) is 0. The van der Waals surface area contributed by atoms with Crippen molar-refractivity contribution >= 4 is 21.5 Å². The van der Waals surface area contributed by atoms with E-state index in [-0.39, 0.29) is 0 Å². The lowest BCUT2D eigenvalue weighted by Gasteiger charge is -2.30. The summed E-state index contributed by atoms with van der Waals surface area (Å²) in [7, 11) is 4.41. The number of likely N-dealkylation sites (N-methyl/N-ethyl adjacent to an activating group) is 1. The molecule has 0 radical (unpaired) electrons. The first-order valence-corrected chi connectivity index (χ1v) is 7.82. The molecule has 0 aromatic heterocycles. The lowest BCUT2D eigenvalue weighted by Crippen LogP contribution is -2.33. The summed E-state index contributed by atoms with van der Waals surface area (Å²) in [4.78, 5) is 2.38. The predicted octanol–water partition coefficient (Wildman–Crippen LogP) is 4.41. The molecule has 106 valence electrons. The Bertz CT molecular complexity index is 817. The van der Waals surface area contributed by atoms with Gasteiger partial charge in [-0.1, -0.05) is 48.5 Å². The second-order valence-corrected chi connectivity index (χ2v) is 6.45. The van der Waals surface area contributed by atoms with E-state index < -0.39 is 0 Å². The minimum atomic E-state index is 0.676. The Balaban J connectivity index is 1.97. The second kappa shape index (κ2) is 4.85. The summed E-state index contributed by atoms with van der Waals surface area (Å²) < 4.78 is 0. The Morgan fingerprint density at radius 1 is 0.857 bits per heavy atom. The molecule has 21 heavy (non-hydrogen) atoms. The number of hydrogen-bond acceptors (Lipinski definition) is 1. The van der Waals surface area contributed by atoms with E-state index in [1.807, 2.05) is 0 Å². The van der Waals surface area contributed by atoms with Gasteiger partial charge in [-0.3, -0.25) is 0 Å². The van der Waals surface area contributed by atoms with E-state index in [9.17, 15) is 0 Å². The first kappa shape index (κ1) is 12.8. The molecular weight excluding hydrogens is 254 g/mol. The molecule has 3 aromatic carbocycles. The van der Waals surface area contributed by atoms with Crippen LogP contribution in [0.25, 0.3) is 21.5 Å². The number of aryl methyl sites for hydroxylation is 1. The van der Waals surface area contributed by atoms with Gasteiger partial charge in [0.2, 0.25) is 0 Å². The van der Waals surface area contributed by atoms with Gasteiger partial charge < -0.3 is 4.90 Å². The van der Waals surface area contributed by atoms with Crippen LogP contribution in [0.4, 0.5) is 0 Å². The van der Waals surface area contributed by atoms with Gasteiger partial charge in [-0.25, -0.2) is 0 Å². The summed E-state index contributed by atoms with van der Waals surface area (Å²) >= 11 is 0. The first-order chi connectivity index (χ1) is 10.2. The van der Waals surface area contributed by atoms with E-state index in [1.54, 1.807) is 11.1 Å². The summed E-state index contributed by atoms with van der Waals surface area (Å²) in [5.41, 5.74) is 3.12. The molecule has 0 heterocycles. The molecule has 1 atom stereocenters. The van der Waals surface area contributed by atoms with Crippen molar-refractivity contribution < 1.29 is 0 Å². The molecule has 1 nitrogen and oxygen atoms in total. The van der Waals surface area contributed by atoms with Crippen molar-refractivity contribution in [2.45, 2.75) is 25.3 Å². The monoisotopic (exact) mass is 275 g/mol. The topological polar surface area (TPSA) is 3.24 Å². The van der Waals surface area contributed by atoms with E-state index in [1.165, 1.54) is 40.8 Å². The van der Waals surface area contributed by atoms with Crippen molar-refractivity contribution in [2.75, 3.05) is 14.1 Å². The maximum absolute atomic E-state index is 2.38. The van der Waals surface area contributed by atoms with Crippen LogP contribution in [0.15, 0.2) is 48.5 Å². The van der Waals surface area contributed by atoms with Gasteiger partial charge >= 0.3 is 0 Å². The molecule has 4 rings (SSSR count). The van der Waals surface area contributed by atoms with Crippen molar-refractivity contribution in [1.82, 2.24) is 4.90 Å². The van der Waals surface area contributed by atoms with Crippen LogP contribution in [-0.4, -0.2) is 25.0 Å². The molecule has 1 unspecified atom stereocenters. The van der Waals surface area contributed by atoms with Gasteiger partial charge in [-0.05, 0) is 66.0 Å². The predicted molar refractivity (Wildman–Crippen MR) is 91.0 cm³/mol. The zero-order chi connectivity index (χ0) is 14.4. The van der Waals surface area contributed by atoms with Gasteiger partial charge in [0.15, 0.2) is 0 Å². The van der Waals surface area contributed by atoms with Crippen molar-refractivity contribution in [1.29, 1.82) is 0 Å². The molecule has 0 amide bonds. The second-order valence-electron chi connectivity index (χ2n) is 6.45. The Hall–Kier alpha value is -1.86. The number of benzene rings is 3. The van der Waals surface area contributed by atoms with Crippen LogP contribution in [0, 0.1) is 0 Å². The molecule has 1 heteroatoms. The van der Waals surface area contributed by atoms with E-state index >= 15 is 0 Å². The Morgan fingerprint density at radius 2 is 1.67 bits per heavy atom. The highest BCUT2D eigenvalue weighted by molar-refractivity contribution is 6.08. The lowest BCUT2D eigenvalue weighted by atomic mass is 9.84. The number of fused-ring (bicyclic) bond motifs is 5. The third-order valence-corrected chi connectivity index (χ3v) is 5.05. The third kappa shape index (κ3) is 2.04. The quantitative estimate of drug-likeness (QED) is 0.595. The molecule has 0 spiro atoms. The van der Waals surface area contributed by atoms with Crippen molar-refractivity contribution in [2.24, 2.45) is 0 Å². The van der Waals surface area contributed by atoms with Gasteiger partial charge in [-0.2, -0.15) is 0 Å². The standard InChI is InChI=1S/C20H21N/c1-21(2)16-10-7-15-9-11-18-17-6-4-3-5-14(17)8-12-19(18)20(15)13-16/h3-6,8-9,11-12,16H,7,10,13H2,1-2H3. The van der Waals surface area contributed by atoms with Crippen LogP contribution in [0.5, 0.6) is 0 Å². The highest BCUT2D eigenvalue weighted by Crippen LogP contribution is 2.33. The molecule has 3 aromatic rings. The van der Waals surface area contributed by atoms with Crippen LogP contribution in [0.3, 0.4) is 0 Å². The molecule has 1 aliphatic rings. The fourth-order valence-electron chi connectivity index (χ4n) is 3.77. The molecule has 0 N–H and O–H groups in total. The largest absolute Gasteiger partial charge is 0.306 e. The highest BCUT2D eigenvalue weighted by Gasteiger charge is 2.22. The zero-order valence-corrected chi connectivity index (χ0v) is 12.8. The van der Waals surface area contributed by atoms with Crippen LogP contribution in [0.2, 0.25) is 0 Å². The maximum Gasteiger partial charge on any atom is 0.0133 e. The van der Waals surface area contributed by atoms with E-state index in [0.717, 1.165) is 0 Å². The average Bonchev–Trinajstić information content (AvgIpc) is 2.53. The van der Waals surface area contributed by atoms with Crippen LogP contribution >= 0.6 is 0 Å². The summed E-state index contributed by atoms with van der Waals surface area (Å²) in [6, 6.07) is 18.7.